The second kappa shape index (κ2) is 10.9. The molecule has 3 rings (SSSR count). The zero-order valence-electron chi connectivity index (χ0n) is 20.4. The Hall–Kier alpha value is -3.40. The first-order chi connectivity index (χ1) is 16.6. The second-order valence-corrected chi connectivity index (χ2v) is 10.3. The van der Waals surface area contributed by atoms with E-state index in [2.05, 4.69) is 5.32 Å². The van der Waals surface area contributed by atoms with Gasteiger partial charge in [0.25, 0.3) is 15.9 Å². The SMILES string of the molecule is CC[C@H](C)NC(=O)[C@H](CC)N(Cc1ccc(OC)cc1)C(=O)CN1C(=O)c2ccccc2S1(=O)=O. The number of amides is 3. The van der Waals surface area contributed by atoms with E-state index in [9.17, 15) is 22.8 Å². The first kappa shape index (κ1) is 26.2. The molecule has 1 aliphatic heterocycles. The van der Waals surface area contributed by atoms with Gasteiger partial charge < -0.3 is 15.0 Å². The molecule has 1 N–H and O–H groups in total. The predicted molar refractivity (Wildman–Crippen MR) is 130 cm³/mol. The number of ether oxygens (including phenoxy) is 1. The molecule has 1 aliphatic rings. The molecule has 0 radical (unpaired) electrons. The Morgan fingerprint density at radius 1 is 1.06 bits per heavy atom. The number of nitrogens with zero attached hydrogens (tertiary/aromatic N) is 2. The first-order valence-corrected chi connectivity index (χ1v) is 13.0. The number of benzene rings is 2. The molecule has 2 atom stereocenters. The monoisotopic (exact) mass is 501 g/mol. The summed E-state index contributed by atoms with van der Waals surface area (Å²) < 4.78 is 31.7. The van der Waals surface area contributed by atoms with E-state index in [-0.39, 0.29) is 29.0 Å². The summed E-state index contributed by atoms with van der Waals surface area (Å²) in [7, 11) is -2.62. The zero-order chi connectivity index (χ0) is 25.8. The number of rotatable bonds is 10. The van der Waals surface area contributed by atoms with Crippen LogP contribution >= 0.6 is 0 Å². The van der Waals surface area contributed by atoms with Crippen molar-refractivity contribution in [1.82, 2.24) is 14.5 Å². The molecule has 9 nitrogen and oxygen atoms in total. The minimum absolute atomic E-state index is 0.0311. The van der Waals surface area contributed by atoms with Crippen LogP contribution < -0.4 is 10.1 Å². The minimum Gasteiger partial charge on any atom is -0.497 e. The van der Waals surface area contributed by atoms with Crippen molar-refractivity contribution in [2.75, 3.05) is 13.7 Å². The largest absolute Gasteiger partial charge is 0.497 e. The van der Waals surface area contributed by atoms with Crippen LogP contribution in [-0.2, 0) is 26.2 Å². The van der Waals surface area contributed by atoms with Crippen molar-refractivity contribution >= 4 is 27.7 Å². The van der Waals surface area contributed by atoms with Gasteiger partial charge in [0, 0.05) is 12.6 Å². The highest BCUT2D eigenvalue weighted by atomic mass is 32.2. The lowest BCUT2D eigenvalue weighted by Crippen LogP contribution is -2.53. The summed E-state index contributed by atoms with van der Waals surface area (Å²) in [5.74, 6) is -1.09. The van der Waals surface area contributed by atoms with Crippen LogP contribution in [0, 0.1) is 0 Å². The molecule has 0 unspecified atom stereocenters. The maximum atomic E-state index is 13.5. The van der Waals surface area contributed by atoms with E-state index in [0.29, 0.717) is 22.9 Å². The second-order valence-electron chi connectivity index (χ2n) is 8.42. The maximum absolute atomic E-state index is 13.5. The van der Waals surface area contributed by atoms with Gasteiger partial charge in [-0.25, -0.2) is 12.7 Å². The number of nitrogens with one attached hydrogen (secondary N) is 1. The Morgan fingerprint density at radius 2 is 1.71 bits per heavy atom. The Morgan fingerprint density at radius 3 is 2.29 bits per heavy atom. The van der Waals surface area contributed by atoms with E-state index in [1.54, 1.807) is 44.4 Å². The van der Waals surface area contributed by atoms with E-state index in [4.69, 9.17) is 4.74 Å². The van der Waals surface area contributed by atoms with Crippen LogP contribution in [0.3, 0.4) is 0 Å². The standard InChI is InChI=1S/C25H31N3O6S/c1-5-17(3)26-24(30)21(6-2)27(15-18-11-13-19(34-4)14-12-18)23(29)16-28-25(31)20-9-7-8-10-22(20)35(28,32)33/h7-14,17,21H,5-6,15-16H2,1-4H3,(H,26,30)/t17-,21-/m0/s1. The van der Waals surface area contributed by atoms with Crippen LogP contribution in [0.5, 0.6) is 5.75 Å². The van der Waals surface area contributed by atoms with Gasteiger partial charge in [0.05, 0.1) is 12.7 Å². The molecule has 0 bridgehead atoms. The van der Waals surface area contributed by atoms with Crippen molar-refractivity contribution in [2.45, 2.75) is 57.1 Å². The molecule has 35 heavy (non-hydrogen) atoms. The molecule has 2 aromatic carbocycles. The van der Waals surface area contributed by atoms with Crippen LogP contribution in [0.25, 0.3) is 0 Å². The van der Waals surface area contributed by atoms with Gasteiger partial charge in [0.15, 0.2) is 0 Å². The van der Waals surface area contributed by atoms with Crippen LogP contribution in [-0.4, -0.2) is 61.1 Å². The number of carbonyl (C=O) groups excluding carboxylic acids is 3. The van der Waals surface area contributed by atoms with E-state index in [1.807, 2.05) is 13.8 Å². The summed E-state index contributed by atoms with van der Waals surface area (Å²) in [6.07, 6.45) is 1.03. The zero-order valence-corrected chi connectivity index (χ0v) is 21.2. The molecular formula is C25H31N3O6S. The van der Waals surface area contributed by atoms with Gasteiger partial charge in [0.1, 0.15) is 23.2 Å². The van der Waals surface area contributed by atoms with Gasteiger partial charge in [-0.05, 0) is 49.6 Å². The number of carbonyl (C=O) groups is 3. The molecule has 0 spiro atoms. The molecule has 188 valence electrons. The molecule has 0 aromatic heterocycles. The maximum Gasteiger partial charge on any atom is 0.269 e. The number of hydrogen-bond donors (Lipinski definition) is 1. The Balaban J connectivity index is 1.92. The summed E-state index contributed by atoms with van der Waals surface area (Å²) in [6.45, 7) is 4.95. The fraction of sp³-hybridized carbons (Fsp3) is 0.400. The number of hydrogen-bond acceptors (Lipinski definition) is 6. The predicted octanol–water partition coefficient (Wildman–Crippen LogP) is 2.56. The van der Waals surface area contributed by atoms with E-state index in [0.717, 1.165) is 5.56 Å². The lowest BCUT2D eigenvalue weighted by Gasteiger charge is -2.32. The third-order valence-corrected chi connectivity index (χ3v) is 7.88. The molecule has 2 aromatic rings. The van der Waals surface area contributed by atoms with Gasteiger partial charge in [-0.3, -0.25) is 14.4 Å². The fourth-order valence-corrected chi connectivity index (χ4v) is 5.41. The highest BCUT2D eigenvalue weighted by Gasteiger charge is 2.43. The van der Waals surface area contributed by atoms with Crippen molar-refractivity contribution in [2.24, 2.45) is 0 Å². The van der Waals surface area contributed by atoms with Gasteiger partial charge in [0.2, 0.25) is 11.8 Å². The molecule has 0 saturated heterocycles. The van der Waals surface area contributed by atoms with E-state index >= 15 is 0 Å². The molecule has 0 fully saturated rings. The van der Waals surface area contributed by atoms with Gasteiger partial charge in [-0.2, -0.15) is 0 Å². The molecule has 1 heterocycles. The molecular weight excluding hydrogens is 470 g/mol. The lowest BCUT2D eigenvalue weighted by molar-refractivity contribution is -0.141. The fourth-order valence-electron chi connectivity index (χ4n) is 3.89. The quantitative estimate of drug-likeness (QED) is 0.535. The number of methoxy groups -OCH3 is 1. The van der Waals surface area contributed by atoms with Gasteiger partial charge in [-0.1, -0.05) is 38.1 Å². The Kier molecular flexibility index (Phi) is 8.16. The smallest absolute Gasteiger partial charge is 0.269 e. The highest BCUT2D eigenvalue weighted by molar-refractivity contribution is 7.90. The lowest BCUT2D eigenvalue weighted by atomic mass is 10.1. The van der Waals surface area contributed by atoms with Crippen LogP contribution in [0.15, 0.2) is 53.4 Å². The molecule has 0 aliphatic carbocycles. The average Bonchev–Trinajstić information content (AvgIpc) is 3.04. The third-order valence-electron chi connectivity index (χ3n) is 6.09. The third kappa shape index (κ3) is 5.48. The molecule has 10 heteroatoms. The number of sulfonamides is 1. The summed E-state index contributed by atoms with van der Waals surface area (Å²) in [6, 6.07) is 11.9. The topological polar surface area (TPSA) is 113 Å². The van der Waals surface area contributed by atoms with Crippen molar-refractivity contribution in [1.29, 1.82) is 0 Å². The van der Waals surface area contributed by atoms with Crippen molar-refractivity contribution in [3.63, 3.8) is 0 Å². The average molecular weight is 502 g/mol. The van der Waals surface area contributed by atoms with Crippen LogP contribution in [0.4, 0.5) is 0 Å². The normalized spacial score (nSPS) is 15.8. The minimum atomic E-state index is -4.16. The summed E-state index contributed by atoms with van der Waals surface area (Å²) in [5, 5.41) is 2.90. The van der Waals surface area contributed by atoms with E-state index in [1.165, 1.54) is 23.1 Å². The Bertz CT molecular complexity index is 1200. The highest BCUT2D eigenvalue weighted by Crippen LogP contribution is 2.30. The summed E-state index contributed by atoms with van der Waals surface area (Å²) in [4.78, 5) is 40.7. The van der Waals surface area contributed by atoms with Crippen molar-refractivity contribution in [3.8, 4) is 5.75 Å². The summed E-state index contributed by atoms with van der Waals surface area (Å²) >= 11 is 0. The first-order valence-electron chi connectivity index (χ1n) is 11.5. The van der Waals surface area contributed by atoms with Crippen LogP contribution in [0.2, 0.25) is 0 Å². The molecule has 3 amide bonds. The van der Waals surface area contributed by atoms with E-state index < -0.39 is 34.4 Å². The van der Waals surface area contributed by atoms with Crippen LogP contribution in [0.1, 0.15) is 49.5 Å². The summed E-state index contributed by atoms with van der Waals surface area (Å²) in [5.41, 5.74) is 0.761. The Labute approximate surface area is 206 Å². The van der Waals surface area contributed by atoms with Crippen molar-refractivity contribution < 1.29 is 27.5 Å². The number of fused-ring (bicyclic) bond motifs is 1. The van der Waals surface area contributed by atoms with Gasteiger partial charge in [-0.15, -0.1) is 0 Å². The van der Waals surface area contributed by atoms with Gasteiger partial charge >= 0.3 is 0 Å². The van der Waals surface area contributed by atoms with Crippen molar-refractivity contribution in [3.05, 3.63) is 59.7 Å². The molecule has 0 saturated carbocycles.